The Morgan fingerprint density at radius 2 is 1.88 bits per heavy atom. The van der Waals surface area contributed by atoms with E-state index in [2.05, 4.69) is 4.89 Å². The van der Waals surface area contributed by atoms with E-state index in [9.17, 15) is 0 Å². The van der Waals surface area contributed by atoms with Crippen LogP contribution in [0.15, 0.2) is 0 Å². The molecule has 0 rings (SSSR count). The van der Waals surface area contributed by atoms with Crippen LogP contribution in [0.5, 0.6) is 0 Å². The van der Waals surface area contributed by atoms with Crippen LogP contribution in [-0.2, 0) is 4.89 Å². The second kappa shape index (κ2) is 5.35. The minimum absolute atomic E-state index is 0. The molecule has 8 heavy (non-hydrogen) atoms. The Kier molecular flexibility index (Phi) is 8.19. The van der Waals surface area contributed by atoms with Gasteiger partial charge in [-0.05, 0) is 20.3 Å². The molecule has 0 amide bonds. The maximum atomic E-state index is 8.09. The Bertz CT molecular complexity index is 48.4. The molecule has 0 atom stereocenters. The molecule has 0 aliphatic rings. The van der Waals surface area contributed by atoms with Gasteiger partial charge in [0.1, 0.15) is 0 Å². The van der Waals surface area contributed by atoms with Gasteiger partial charge in [0, 0.05) is 0 Å². The van der Waals surface area contributed by atoms with Gasteiger partial charge in [0.05, 0.1) is 5.60 Å². The summed E-state index contributed by atoms with van der Waals surface area (Å²) >= 11 is 0. The molecule has 0 aromatic rings. The number of hydrogen-bond donors (Lipinski definition) is 1. The molecular weight excluding hydrogens is 131 g/mol. The summed E-state index contributed by atoms with van der Waals surface area (Å²) in [5, 5.41) is 8.09. The zero-order chi connectivity index (χ0) is 5.91. The Morgan fingerprint density at radius 3 is 1.88 bits per heavy atom. The second-order valence-electron chi connectivity index (χ2n) is 2.20. The molecule has 0 radical (unpaired) electrons. The van der Waals surface area contributed by atoms with E-state index < -0.39 is 0 Å². The van der Waals surface area contributed by atoms with Crippen molar-refractivity contribution >= 4 is 51.4 Å². The molecule has 0 saturated carbocycles. The Hall–Kier alpha value is 1.56. The van der Waals surface area contributed by atoms with Gasteiger partial charge in [0.25, 0.3) is 0 Å². The fraction of sp³-hybridized carbons (Fsp3) is 1.00. The van der Waals surface area contributed by atoms with Crippen molar-refractivity contribution < 1.29 is 10.1 Å². The van der Waals surface area contributed by atoms with Crippen LogP contribution < -0.4 is 0 Å². The fourth-order valence-corrected chi connectivity index (χ4v) is 0.0645. The first-order valence-electron chi connectivity index (χ1n) is 2.45. The molecule has 2 nitrogen and oxygen atoms in total. The van der Waals surface area contributed by atoms with Crippen LogP contribution in [0.3, 0.4) is 0 Å². The first kappa shape index (κ1) is 12.3. The summed E-state index contributed by atoms with van der Waals surface area (Å²) in [4.78, 5) is 4.09. The third-order valence-electron chi connectivity index (χ3n) is 1.10. The Labute approximate surface area is 93.0 Å². The monoisotopic (exact) mass is 144 g/mol. The molecule has 0 aromatic heterocycles. The normalized spacial score (nSPS) is 10.5. The molecule has 0 unspecified atom stereocenters. The molecule has 0 saturated heterocycles. The van der Waals surface area contributed by atoms with Crippen LogP contribution in [0.4, 0.5) is 0 Å². The zero-order valence-corrected chi connectivity index (χ0v) is 5.06. The van der Waals surface area contributed by atoms with Crippen LogP contribution in [0.25, 0.3) is 0 Å². The molecule has 0 heterocycles. The Morgan fingerprint density at radius 1 is 1.50 bits per heavy atom. The molecule has 0 fully saturated rings. The van der Waals surface area contributed by atoms with Gasteiger partial charge in [-0.2, -0.15) is 0 Å². The van der Waals surface area contributed by atoms with Crippen LogP contribution in [0.2, 0.25) is 0 Å². The van der Waals surface area contributed by atoms with Crippen molar-refractivity contribution in [3.8, 4) is 0 Å². The fourth-order valence-electron chi connectivity index (χ4n) is 0.0645. The van der Waals surface area contributed by atoms with Crippen molar-refractivity contribution in [2.45, 2.75) is 32.8 Å². The minimum atomic E-state index is -0.361. The quantitative estimate of drug-likeness (QED) is 0.356. The summed E-state index contributed by atoms with van der Waals surface area (Å²) in [5.74, 6) is 0. The molecule has 0 aliphatic carbocycles. The van der Waals surface area contributed by atoms with E-state index in [0.717, 1.165) is 6.42 Å². The van der Waals surface area contributed by atoms with E-state index in [1.165, 1.54) is 0 Å². The van der Waals surface area contributed by atoms with Crippen molar-refractivity contribution in [2.24, 2.45) is 0 Å². The third-order valence-corrected chi connectivity index (χ3v) is 1.10. The topological polar surface area (TPSA) is 29.5 Å². The molecule has 0 spiro atoms. The summed E-state index contributed by atoms with van der Waals surface area (Å²) in [6.45, 7) is 5.61. The molecule has 0 bridgehead atoms. The van der Waals surface area contributed by atoms with Crippen LogP contribution in [-0.4, -0.2) is 62.2 Å². The first-order valence-corrected chi connectivity index (χ1v) is 2.45. The average molecular weight is 144 g/mol. The van der Waals surface area contributed by atoms with Crippen LogP contribution in [0, 0.1) is 0 Å². The van der Waals surface area contributed by atoms with E-state index in [1.807, 2.05) is 20.8 Å². The van der Waals surface area contributed by atoms with E-state index in [1.54, 1.807) is 0 Å². The van der Waals surface area contributed by atoms with E-state index in [-0.39, 0.29) is 57.0 Å². The summed E-state index contributed by atoms with van der Waals surface area (Å²) in [5.41, 5.74) is -0.361. The summed E-state index contributed by atoms with van der Waals surface area (Å²) in [6, 6.07) is 0. The molecule has 0 aromatic carbocycles. The van der Waals surface area contributed by atoms with Gasteiger partial charge >= 0.3 is 51.4 Å². The predicted molar refractivity (Wildman–Crippen MR) is 35.2 cm³/mol. The van der Waals surface area contributed by atoms with Gasteiger partial charge < -0.3 is 0 Å². The van der Waals surface area contributed by atoms with E-state index in [0.29, 0.717) is 0 Å². The maximum absolute atomic E-state index is 8.09. The summed E-state index contributed by atoms with van der Waals surface area (Å²) < 4.78 is 0. The Balaban J connectivity index is 0. The van der Waals surface area contributed by atoms with Crippen molar-refractivity contribution in [3.05, 3.63) is 0 Å². The van der Waals surface area contributed by atoms with Gasteiger partial charge in [-0.1, -0.05) is 6.92 Å². The second-order valence-corrected chi connectivity index (χ2v) is 2.20. The average Bonchev–Trinajstić information content (AvgIpc) is 1.68. The predicted octanol–water partition coefficient (Wildman–Crippen LogP) is 1.02. The van der Waals surface area contributed by atoms with Crippen molar-refractivity contribution in [3.63, 3.8) is 0 Å². The van der Waals surface area contributed by atoms with Crippen LogP contribution >= 0.6 is 0 Å². The van der Waals surface area contributed by atoms with Gasteiger partial charge in [-0.3, -0.25) is 5.26 Å². The number of rotatable bonds is 2. The van der Waals surface area contributed by atoms with Crippen molar-refractivity contribution in [1.29, 1.82) is 0 Å². The molecule has 1 N–H and O–H groups in total. The zero-order valence-electron chi connectivity index (χ0n) is 5.06. The molecule has 46 valence electrons. The van der Waals surface area contributed by atoms with E-state index in [4.69, 9.17) is 5.26 Å². The van der Waals surface area contributed by atoms with E-state index >= 15 is 0 Å². The van der Waals surface area contributed by atoms with Crippen molar-refractivity contribution in [1.82, 2.24) is 0 Å². The summed E-state index contributed by atoms with van der Waals surface area (Å²) in [7, 11) is 0. The first-order chi connectivity index (χ1) is 3.12. The SMILES string of the molecule is CCC(C)(C)OO.[KH]. The van der Waals surface area contributed by atoms with Gasteiger partial charge in [-0.15, -0.1) is 0 Å². The van der Waals surface area contributed by atoms with Gasteiger partial charge in [0.2, 0.25) is 0 Å². The molecular formula is C5H13KO2. The molecule has 0 aliphatic heterocycles. The van der Waals surface area contributed by atoms with Gasteiger partial charge in [0.15, 0.2) is 0 Å². The third kappa shape index (κ3) is 5.69. The van der Waals surface area contributed by atoms with Gasteiger partial charge in [-0.25, -0.2) is 4.89 Å². The number of hydrogen-bond acceptors (Lipinski definition) is 2. The van der Waals surface area contributed by atoms with Crippen molar-refractivity contribution in [2.75, 3.05) is 0 Å². The summed E-state index contributed by atoms with van der Waals surface area (Å²) in [6.07, 6.45) is 0.823. The van der Waals surface area contributed by atoms with Crippen LogP contribution in [0.1, 0.15) is 27.2 Å². The molecule has 3 heteroatoms. The standard InChI is InChI=1S/C5H12O2.K.H/c1-4-5(2,3)7-6;;/h6H,4H2,1-3H3;;.